The van der Waals surface area contributed by atoms with Gasteiger partial charge in [-0.2, -0.15) is 9.78 Å². The number of hydrogen-bond acceptors (Lipinski definition) is 6. The number of rotatable bonds is 3. The fraction of sp³-hybridized carbons (Fsp3) is 0.154. The molecule has 1 heterocycles. The van der Waals surface area contributed by atoms with Crippen molar-refractivity contribution in [3.8, 4) is 0 Å². The molecule has 2 aromatic rings. The molecule has 0 fully saturated rings. The van der Waals surface area contributed by atoms with Gasteiger partial charge in [0.25, 0.3) is 5.91 Å². The lowest BCUT2D eigenvalue weighted by Gasteiger charge is -2.04. The first-order valence-electron chi connectivity index (χ1n) is 5.95. The van der Waals surface area contributed by atoms with Crippen LogP contribution in [0.15, 0.2) is 30.5 Å². The van der Waals surface area contributed by atoms with Gasteiger partial charge in [0, 0.05) is 11.3 Å². The van der Waals surface area contributed by atoms with Gasteiger partial charge in [0.05, 0.1) is 12.8 Å². The van der Waals surface area contributed by atoms with Gasteiger partial charge in [0.2, 0.25) is 0 Å². The van der Waals surface area contributed by atoms with Gasteiger partial charge in [-0.25, -0.2) is 4.79 Å². The zero-order valence-electron chi connectivity index (χ0n) is 10.9. The summed E-state index contributed by atoms with van der Waals surface area (Å²) in [4.78, 5) is 23.8. The Morgan fingerprint density at radius 2 is 1.90 bits per heavy atom. The first-order chi connectivity index (χ1) is 9.54. The number of esters is 1. The number of benzene rings is 1. The fourth-order valence-corrected chi connectivity index (χ4v) is 1.63. The Morgan fingerprint density at radius 3 is 2.50 bits per heavy atom. The molecule has 0 aliphatic carbocycles. The van der Waals surface area contributed by atoms with E-state index in [1.807, 2.05) is 0 Å². The standard InChI is InChI=1S/C13H14N4O3/c1-2-20-13(19)10-7-16-17(11(10)15)12(18)8-3-5-9(14)6-4-8/h3-7H,2,14-15H2,1H3. The molecule has 0 spiro atoms. The molecule has 4 N–H and O–H groups in total. The highest BCUT2D eigenvalue weighted by Gasteiger charge is 2.20. The molecule has 104 valence electrons. The van der Waals surface area contributed by atoms with Crippen molar-refractivity contribution in [2.75, 3.05) is 18.1 Å². The second kappa shape index (κ2) is 5.43. The summed E-state index contributed by atoms with van der Waals surface area (Å²) in [6.07, 6.45) is 1.21. The van der Waals surface area contributed by atoms with E-state index in [0.717, 1.165) is 4.68 Å². The average molecular weight is 274 g/mol. The quantitative estimate of drug-likeness (QED) is 0.635. The molecule has 1 aromatic heterocycles. The summed E-state index contributed by atoms with van der Waals surface area (Å²) in [5.41, 5.74) is 12.3. The van der Waals surface area contributed by atoms with Crippen LogP contribution in [-0.4, -0.2) is 28.3 Å². The van der Waals surface area contributed by atoms with Gasteiger partial charge in [-0.15, -0.1) is 0 Å². The van der Waals surface area contributed by atoms with Gasteiger partial charge in [-0.1, -0.05) is 0 Å². The molecule has 0 saturated heterocycles. The monoisotopic (exact) mass is 274 g/mol. The number of nitrogen functional groups attached to an aromatic ring is 2. The zero-order valence-corrected chi connectivity index (χ0v) is 10.9. The van der Waals surface area contributed by atoms with E-state index >= 15 is 0 Å². The van der Waals surface area contributed by atoms with Gasteiger partial charge in [0.15, 0.2) is 0 Å². The summed E-state index contributed by atoms with van der Waals surface area (Å²) in [6.45, 7) is 1.90. The van der Waals surface area contributed by atoms with E-state index in [2.05, 4.69) is 5.10 Å². The third-order valence-corrected chi connectivity index (χ3v) is 2.65. The SMILES string of the molecule is CCOC(=O)c1cnn(C(=O)c2ccc(N)cc2)c1N. The van der Waals surface area contributed by atoms with Crippen LogP contribution in [0.2, 0.25) is 0 Å². The Bertz CT molecular complexity index is 646. The van der Waals surface area contributed by atoms with Crippen molar-refractivity contribution in [3.05, 3.63) is 41.6 Å². The number of anilines is 2. The van der Waals surface area contributed by atoms with Crippen molar-refractivity contribution in [3.63, 3.8) is 0 Å². The molecule has 0 aliphatic rings. The minimum absolute atomic E-state index is 0.0507. The molecule has 0 atom stereocenters. The molecular formula is C13H14N4O3. The first-order valence-corrected chi connectivity index (χ1v) is 5.95. The van der Waals surface area contributed by atoms with Crippen LogP contribution in [0, 0.1) is 0 Å². The molecule has 0 radical (unpaired) electrons. The molecule has 0 amide bonds. The molecule has 0 aliphatic heterocycles. The number of hydrogen-bond donors (Lipinski definition) is 2. The molecule has 7 nitrogen and oxygen atoms in total. The third-order valence-electron chi connectivity index (χ3n) is 2.65. The predicted molar refractivity (Wildman–Crippen MR) is 73.2 cm³/mol. The van der Waals surface area contributed by atoms with Crippen molar-refractivity contribution in [1.29, 1.82) is 0 Å². The lowest BCUT2D eigenvalue weighted by molar-refractivity contribution is 0.0527. The molecule has 2 rings (SSSR count). The summed E-state index contributed by atoms with van der Waals surface area (Å²) in [6, 6.07) is 6.31. The van der Waals surface area contributed by atoms with Crippen molar-refractivity contribution >= 4 is 23.4 Å². The van der Waals surface area contributed by atoms with Crippen LogP contribution in [0.25, 0.3) is 0 Å². The Balaban J connectivity index is 2.32. The first kappa shape index (κ1) is 13.6. The maximum atomic E-state index is 12.2. The number of ether oxygens (including phenoxy) is 1. The normalized spacial score (nSPS) is 10.2. The summed E-state index contributed by atoms with van der Waals surface area (Å²) in [7, 11) is 0. The highest BCUT2D eigenvalue weighted by molar-refractivity contribution is 6.01. The Kier molecular flexibility index (Phi) is 3.69. The smallest absolute Gasteiger partial charge is 0.343 e. The van der Waals surface area contributed by atoms with Gasteiger partial charge >= 0.3 is 5.97 Å². The lowest BCUT2D eigenvalue weighted by Crippen LogP contribution is -2.17. The highest BCUT2D eigenvalue weighted by atomic mass is 16.5. The van der Waals surface area contributed by atoms with E-state index in [-0.39, 0.29) is 18.0 Å². The van der Waals surface area contributed by atoms with Crippen LogP contribution < -0.4 is 11.5 Å². The molecule has 20 heavy (non-hydrogen) atoms. The number of nitrogens with two attached hydrogens (primary N) is 2. The van der Waals surface area contributed by atoms with Crippen molar-refractivity contribution in [2.24, 2.45) is 0 Å². The summed E-state index contributed by atoms with van der Waals surface area (Å²) in [5, 5.41) is 3.83. The number of nitrogens with zero attached hydrogens (tertiary/aromatic N) is 2. The largest absolute Gasteiger partial charge is 0.462 e. The summed E-state index contributed by atoms with van der Waals surface area (Å²) >= 11 is 0. The molecule has 0 unspecified atom stereocenters. The van der Waals surface area contributed by atoms with Crippen LogP contribution in [-0.2, 0) is 4.74 Å². The van der Waals surface area contributed by atoms with Gasteiger partial charge in [-0.3, -0.25) is 4.79 Å². The number of carbonyl (C=O) groups excluding carboxylic acids is 2. The molecule has 1 aromatic carbocycles. The number of aromatic nitrogens is 2. The van der Waals surface area contributed by atoms with Crippen LogP contribution in [0.3, 0.4) is 0 Å². The zero-order chi connectivity index (χ0) is 14.7. The topological polar surface area (TPSA) is 113 Å². The van der Waals surface area contributed by atoms with Crippen LogP contribution in [0.5, 0.6) is 0 Å². The molecule has 7 heteroatoms. The maximum absolute atomic E-state index is 12.2. The summed E-state index contributed by atoms with van der Waals surface area (Å²) < 4.78 is 5.78. The van der Waals surface area contributed by atoms with E-state index in [1.165, 1.54) is 6.20 Å². The van der Waals surface area contributed by atoms with E-state index in [4.69, 9.17) is 16.2 Å². The highest BCUT2D eigenvalue weighted by Crippen LogP contribution is 2.15. The summed E-state index contributed by atoms with van der Waals surface area (Å²) in [5.74, 6) is -1.11. The number of carbonyl (C=O) groups is 2. The van der Waals surface area contributed by atoms with E-state index in [1.54, 1.807) is 31.2 Å². The van der Waals surface area contributed by atoms with E-state index in [9.17, 15) is 9.59 Å². The molecule has 0 bridgehead atoms. The Morgan fingerprint density at radius 1 is 1.25 bits per heavy atom. The van der Waals surface area contributed by atoms with Crippen molar-refractivity contribution in [2.45, 2.75) is 6.92 Å². The third kappa shape index (κ3) is 2.46. The van der Waals surface area contributed by atoms with Gasteiger partial charge in [-0.05, 0) is 31.2 Å². The van der Waals surface area contributed by atoms with Crippen LogP contribution in [0.4, 0.5) is 11.5 Å². The minimum atomic E-state index is -0.610. The molecule has 0 saturated carbocycles. The molecular weight excluding hydrogens is 260 g/mol. The van der Waals surface area contributed by atoms with Gasteiger partial charge < -0.3 is 16.2 Å². The Labute approximate surface area is 115 Å². The predicted octanol–water partition coefficient (Wildman–Crippen LogP) is 0.913. The second-order valence-electron chi connectivity index (χ2n) is 4.00. The average Bonchev–Trinajstić information content (AvgIpc) is 2.81. The van der Waals surface area contributed by atoms with E-state index < -0.39 is 11.9 Å². The van der Waals surface area contributed by atoms with Crippen molar-refractivity contribution < 1.29 is 14.3 Å². The van der Waals surface area contributed by atoms with Gasteiger partial charge in [0.1, 0.15) is 11.4 Å². The van der Waals surface area contributed by atoms with Crippen LogP contribution >= 0.6 is 0 Å². The Hall–Kier alpha value is -2.83. The minimum Gasteiger partial charge on any atom is -0.462 e. The fourth-order valence-electron chi connectivity index (χ4n) is 1.63. The maximum Gasteiger partial charge on any atom is 0.343 e. The second-order valence-corrected chi connectivity index (χ2v) is 4.00. The van der Waals surface area contributed by atoms with Crippen LogP contribution in [0.1, 0.15) is 27.6 Å². The van der Waals surface area contributed by atoms with Crippen molar-refractivity contribution in [1.82, 2.24) is 9.78 Å². The lowest BCUT2D eigenvalue weighted by atomic mass is 10.2. The van der Waals surface area contributed by atoms with E-state index in [0.29, 0.717) is 11.3 Å².